The van der Waals surface area contributed by atoms with Crippen molar-refractivity contribution in [1.82, 2.24) is 4.57 Å². The lowest BCUT2D eigenvalue weighted by atomic mass is 10.1. The zero-order chi connectivity index (χ0) is 21.5. The van der Waals surface area contributed by atoms with Gasteiger partial charge in [0.2, 0.25) is 0 Å². The summed E-state index contributed by atoms with van der Waals surface area (Å²) in [6.07, 6.45) is -3.03. The van der Waals surface area contributed by atoms with Crippen LogP contribution in [0.25, 0.3) is 11.1 Å². The second-order valence-corrected chi connectivity index (χ2v) is 7.27. The zero-order valence-electron chi connectivity index (χ0n) is 15.8. The van der Waals surface area contributed by atoms with Crippen LogP contribution in [0.4, 0.5) is 18.9 Å². The first-order valence-corrected chi connectivity index (χ1v) is 9.41. The van der Waals surface area contributed by atoms with Crippen LogP contribution < -0.4 is 5.32 Å². The van der Waals surface area contributed by atoms with Gasteiger partial charge in [-0.1, -0.05) is 35.9 Å². The first kappa shape index (κ1) is 20.1. The fourth-order valence-electron chi connectivity index (χ4n) is 3.28. The Hall–Kier alpha value is -3.19. The maximum absolute atomic E-state index is 13.0. The van der Waals surface area contributed by atoms with Gasteiger partial charge in [0.25, 0.3) is 5.91 Å². The third kappa shape index (κ3) is 3.80. The number of carbonyl (C=O) groups excluding carboxylic acids is 1. The van der Waals surface area contributed by atoms with Crippen LogP contribution in [0, 0.1) is 6.92 Å². The number of hydrogen-bond donors (Lipinski definition) is 1. The van der Waals surface area contributed by atoms with Gasteiger partial charge in [-0.15, -0.1) is 0 Å². The van der Waals surface area contributed by atoms with Gasteiger partial charge in [0.05, 0.1) is 28.1 Å². The number of rotatable bonds is 4. The van der Waals surface area contributed by atoms with Crippen LogP contribution in [0.5, 0.6) is 0 Å². The number of aryl methyl sites for hydroxylation is 1. The van der Waals surface area contributed by atoms with Gasteiger partial charge < -0.3 is 14.3 Å². The molecule has 2 aromatic carbocycles. The Labute approximate surface area is 174 Å². The van der Waals surface area contributed by atoms with Crippen LogP contribution in [0.2, 0.25) is 5.02 Å². The minimum Gasteiger partial charge on any atom is -0.463 e. The number of benzene rings is 2. The molecule has 0 saturated heterocycles. The molecule has 0 saturated carbocycles. The lowest BCUT2D eigenvalue weighted by Crippen LogP contribution is -2.18. The number of nitrogens with zero attached hydrogens (tertiary/aromatic N) is 1. The fourth-order valence-corrected chi connectivity index (χ4v) is 3.44. The van der Waals surface area contributed by atoms with Crippen molar-refractivity contribution in [3.8, 4) is 0 Å². The molecule has 154 valence electrons. The van der Waals surface area contributed by atoms with Crippen LogP contribution in [0.3, 0.4) is 0 Å². The number of furan rings is 1. The molecule has 0 atom stereocenters. The lowest BCUT2D eigenvalue weighted by Gasteiger charge is -2.14. The van der Waals surface area contributed by atoms with Crippen molar-refractivity contribution in [2.75, 3.05) is 5.32 Å². The summed E-state index contributed by atoms with van der Waals surface area (Å²) in [5.41, 5.74) is 2.50. The highest BCUT2D eigenvalue weighted by molar-refractivity contribution is 6.34. The molecular formula is C22H16ClF3N2O2. The second-order valence-electron chi connectivity index (χ2n) is 6.86. The van der Waals surface area contributed by atoms with Crippen LogP contribution >= 0.6 is 11.6 Å². The normalized spacial score (nSPS) is 11.8. The molecule has 0 fully saturated rings. The molecule has 30 heavy (non-hydrogen) atoms. The SMILES string of the molecule is Cc1ccccc1Cn1c(C(=O)Nc2cc(C(F)(F)F)ccc2Cl)cc2occc21. The largest absolute Gasteiger partial charge is 0.463 e. The summed E-state index contributed by atoms with van der Waals surface area (Å²) in [6.45, 7) is 2.36. The number of hydrogen-bond acceptors (Lipinski definition) is 2. The van der Waals surface area contributed by atoms with Crippen LogP contribution in [0.1, 0.15) is 27.2 Å². The Morgan fingerprint density at radius 1 is 1.13 bits per heavy atom. The monoisotopic (exact) mass is 432 g/mol. The van der Waals surface area contributed by atoms with E-state index in [0.717, 1.165) is 29.3 Å². The van der Waals surface area contributed by atoms with Crippen molar-refractivity contribution < 1.29 is 22.4 Å². The summed E-state index contributed by atoms with van der Waals surface area (Å²) >= 11 is 6.02. The molecule has 0 unspecified atom stereocenters. The quantitative estimate of drug-likeness (QED) is 0.399. The Morgan fingerprint density at radius 2 is 1.90 bits per heavy atom. The van der Waals surface area contributed by atoms with Gasteiger partial charge in [-0.3, -0.25) is 4.79 Å². The number of anilines is 1. The minimum atomic E-state index is -4.55. The molecule has 0 radical (unpaired) electrons. The summed E-state index contributed by atoms with van der Waals surface area (Å²) in [4.78, 5) is 13.0. The number of amides is 1. The average Bonchev–Trinajstić information content (AvgIpc) is 3.27. The van der Waals surface area contributed by atoms with E-state index < -0.39 is 17.6 Å². The smallest absolute Gasteiger partial charge is 0.416 e. The molecular weight excluding hydrogens is 417 g/mol. The van der Waals surface area contributed by atoms with E-state index in [9.17, 15) is 18.0 Å². The van der Waals surface area contributed by atoms with E-state index in [1.807, 2.05) is 31.2 Å². The van der Waals surface area contributed by atoms with Crippen LogP contribution in [0.15, 0.2) is 65.3 Å². The molecule has 1 amide bonds. The number of halogens is 4. The van der Waals surface area contributed by atoms with Gasteiger partial charge in [0.1, 0.15) is 5.69 Å². The Kier molecular flexibility index (Phi) is 5.07. The van der Waals surface area contributed by atoms with Gasteiger partial charge >= 0.3 is 6.18 Å². The van der Waals surface area contributed by atoms with Gasteiger partial charge in [-0.05, 0) is 36.2 Å². The molecule has 0 aliphatic carbocycles. The van der Waals surface area contributed by atoms with Crippen molar-refractivity contribution in [3.05, 3.63) is 88.3 Å². The third-order valence-corrected chi connectivity index (χ3v) is 5.22. The molecule has 0 aliphatic heterocycles. The number of alkyl halides is 3. The molecule has 8 heteroatoms. The molecule has 2 heterocycles. The first-order chi connectivity index (χ1) is 14.2. The van der Waals surface area contributed by atoms with E-state index in [1.54, 1.807) is 16.7 Å². The lowest BCUT2D eigenvalue weighted by molar-refractivity contribution is -0.137. The van der Waals surface area contributed by atoms with E-state index in [1.165, 1.54) is 6.26 Å². The van der Waals surface area contributed by atoms with Crippen molar-refractivity contribution in [3.63, 3.8) is 0 Å². The molecule has 0 aliphatic rings. The van der Waals surface area contributed by atoms with Gasteiger partial charge in [-0.25, -0.2) is 0 Å². The van der Waals surface area contributed by atoms with Crippen LogP contribution in [-0.4, -0.2) is 10.5 Å². The van der Waals surface area contributed by atoms with Crippen molar-refractivity contribution in [1.29, 1.82) is 0 Å². The highest BCUT2D eigenvalue weighted by Crippen LogP contribution is 2.34. The summed E-state index contributed by atoms with van der Waals surface area (Å²) in [6, 6.07) is 13.8. The highest BCUT2D eigenvalue weighted by Gasteiger charge is 2.31. The second kappa shape index (κ2) is 7.57. The van der Waals surface area contributed by atoms with E-state index in [2.05, 4.69) is 5.32 Å². The van der Waals surface area contributed by atoms with Gasteiger partial charge in [0, 0.05) is 18.7 Å². The van der Waals surface area contributed by atoms with E-state index in [4.69, 9.17) is 16.0 Å². The van der Waals surface area contributed by atoms with E-state index in [-0.39, 0.29) is 16.4 Å². The number of aromatic nitrogens is 1. The summed E-state index contributed by atoms with van der Waals surface area (Å²) in [7, 11) is 0. The van der Waals surface area contributed by atoms with Crippen molar-refractivity contribution >= 4 is 34.3 Å². The summed E-state index contributed by atoms with van der Waals surface area (Å²) in [5.74, 6) is -0.587. The zero-order valence-corrected chi connectivity index (χ0v) is 16.5. The maximum atomic E-state index is 13.0. The predicted molar refractivity (Wildman–Crippen MR) is 109 cm³/mol. The highest BCUT2D eigenvalue weighted by atomic mass is 35.5. The average molecular weight is 433 g/mol. The third-order valence-electron chi connectivity index (χ3n) is 4.89. The number of nitrogens with one attached hydrogen (secondary N) is 1. The summed E-state index contributed by atoms with van der Waals surface area (Å²) < 4.78 is 46.3. The predicted octanol–water partition coefficient (Wildman–Crippen LogP) is 6.52. The molecule has 2 aromatic heterocycles. The Morgan fingerprint density at radius 3 is 2.63 bits per heavy atom. The van der Waals surface area contributed by atoms with Crippen molar-refractivity contribution in [2.24, 2.45) is 0 Å². The summed E-state index contributed by atoms with van der Waals surface area (Å²) in [5, 5.41) is 2.51. The standard InChI is InChI=1S/C22H16ClF3N2O2/c1-13-4-2-3-5-14(13)12-28-18-8-9-30-20(18)11-19(28)21(29)27-17-10-15(22(24,25)26)6-7-16(17)23/h2-11H,12H2,1H3,(H,27,29). The fraction of sp³-hybridized carbons (Fsp3) is 0.136. The first-order valence-electron chi connectivity index (χ1n) is 9.03. The molecule has 4 aromatic rings. The topological polar surface area (TPSA) is 47.2 Å². The van der Waals surface area contributed by atoms with Gasteiger partial charge in [0.15, 0.2) is 5.58 Å². The van der Waals surface area contributed by atoms with Crippen molar-refractivity contribution in [2.45, 2.75) is 19.6 Å². The molecule has 4 nitrogen and oxygen atoms in total. The van der Waals surface area contributed by atoms with Gasteiger partial charge in [-0.2, -0.15) is 13.2 Å². The molecule has 0 spiro atoms. The number of carbonyl (C=O) groups is 1. The molecule has 1 N–H and O–H groups in total. The molecule has 0 bridgehead atoms. The maximum Gasteiger partial charge on any atom is 0.416 e. The Bertz CT molecular complexity index is 1240. The minimum absolute atomic E-state index is 0.0112. The van der Waals surface area contributed by atoms with E-state index in [0.29, 0.717) is 17.6 Å². The van der Waals surface area contributed by atoms with E-state index >= 15 is 0 Å². The number of fused-ring (bicyclic) bond motifs is 1. The Balaban J connectivity index is 1.71. The van der Waals surface area contributed by atoms with Crippen LogP contribution in [-0.2, 0) is 12.7 Å². The molecule has 4 rings (SSSR count).